The lowest BCUT2D eigenvalue weighted by atomic mass is 10.2. The average Bonchev–Trinajstić information content (AvgIpc) is 2.35. The Kier molecular flexibility index (Phi) is 4.12. The second-order valence-electron chi connectivity index (χ2n) is 4.30. The van der Waals surface area contributed by atoms with Crippen molar-refractivity contribution in [1.82, 2.24) is 4.98 Å². The van der Waals surface area contributed by atoms with E-state index < -0.39 is 6.36 Å². The Morgan fingerprint density at radius 3 is 2.70 bits per heavy atom. The average molecular weight is 282 g/mol. The van der Waals surface area contributed by atoms with Gasteiger partial charge in [-0.1, -0.05) is 12.1 Å². The lowest BCUT2D eigenvalue weighted by molar-refractivity contribution is -0.274. The van der Waals surface area contributed by atoms with Crippen LogP contribution in [0.3, 0.4) is 0 Å². The number of nitrogens with one attached hydrogen (secondary N) is 1. The molecule has 2 rings (SSSR count). The number of aryl methyl sites for hydroxylation is 1. The molecule has 0 saturated heterocycles. The number of hydrogen-bond donors (Lipinski definition) is 1. The third kappa shape index (κ3) is 4.46. The maximum Gasteiger partial charge on any atom is 0.573 e. The fourth-order valence-electron chi connectivity index (χ4n) is 1.72. The first kappa shape index (κ1) is 14.2. The standard InChI is InChI=1S/C14H13F3N2O/c1-10-5-11(8-18-7-10)9-19-12-3-2-4-13(6-12)20-14(15,16)17/h2-8,19H,9H2,1H3. The molecule has 0 atom stereocenters. The molecule has 0 amide bonds. The Morgan fingerprint density at radius 1 is 1.20 bits per heavy atom. The molecule has 1 aromatic heterocycles. The molecule has 1 heterocycles. The van der Waals surface area contributed by atoms with Crippen molar-refractivity contribution in [2.75, 3.05) is 5.32 Å². The van der Waals surface area contributed by atoms with Crippen molar-refractivity contribution >= 4 is 5.69 Å². The van der Waals surface area contributed by atoms with Gasteiger partial charge in [0.2, 0.25) is 0 Å². The van der Waals surface area contributed by atoms with Gasteiger partial charge in [0.1, 0.15) is 5.75 Å². The van der Waals surface area contributed by atoms with Crippen LogP contribution in [0.4, 0.5) is 18.9 Å². The summed E-state index contributed by atoms with van der Waals surface area (Å²) in [5.41, 5.74) is 2.53. The van der Waals surface area contributed by atoms with Crippen LogP contribution in [-0.2, 0) is 6.54 Å². The van der Waals surface area contributed by atoms with E-state index in [0.717, 1.165) is 11.1 Å². The first-order valence-corrected chi connectivity index (χ1v) is 5.92. The zero-order chi connectivity index (χ0) is 14.6. The summed E-state index contributed by atoms with van der Waals surface area (Å²) in [6.45, 7) is 2.40. The molecule has 3 nitrogen and oxygen atoms in total. The maximum absolute atomic E-state index is 12.1. The minimum Gasteiger partial charge on any atom is -0.406 e. The van der Waals surface area contributed by atoms with E-state index in [2.05, 4.69) is 15.0 Å². The number of pyridine rings is 1. The van der Waals surface area contributed by atoms with Crippen LogP contribution in [0.15, 0.2) is 42.7 Å². The molecule has 2 aromatic rings. The number of nitrogens with zero attached hydrogens (tertiary/aromatic N) is 1. The minimum atomic E-state index is -4.68. The molecular formula is C14H13F3N2O. The highest BCUT2D eigenvalue weighted by atomic mass is 19.4. The van der Waals surface area contributed by atoms with Crippen LogP contribution in [0, 0.1) is 6.92 Å². The number of hydrogen-bond acceptors (Lipinski definition) is 3. The van der Waals surface area contributed by atoms with Crippen molar-refractivity contribution in [3.63, 3.8) is 0 Å². The molecule has 20 heavy (non-hydrogen) atoms. The first-order chi connectivity index (χ1) is 9.42. The summed E-state index contributed by atoms with van der Waals surface area (Å²) in [7, 11) is 0. The van der Waals surface area contributed by atoms with Crippen molar-refractivity contribution in [2.45, 2.75) is 19.8 Å². The molecule has 0 spiro atoms. The molecule has 0 radical (unpaired) electrons. The molecule has 0 unspecified atom stereocenters. The van der Waals surface area contributed by atoms with Crippen LogP contribution in [0.5, 0.6) is 5.75 Å². The van der Waals surface area contributed by atoms with Crippen LogP contribution in [0.1, 0.15) is 11.1 Å². The molecule has 0 aliphatic rings. The van der Waals surface area contributed by atoms with Gasteiger partial charge in [0.15, 0.2) is 0 Å². The number of benzene rings is 1. The smallest absolute Gasteiger partial charge is 0.406 e. The molecule has 0 bridgehead atoms. The Labute approximate surface area is 114 Å². The van der Waals surface area contributed by atoms with Crippen LogP contribution in [0.25, 0.3) is 0 Å². The highest BCUT2D eigenvalue weighted by molar-refractivity contribution is 5.48. The number of anilines is 1. The summed E-state index contributed by atoms with van der Waals surface area (Å²) in [6.07, 6.45) is -1.24. The molecule has 106 valence electrons. The topological polar surface area (TPSA) is 34.2 Å². The molecule has 0 aliphatic carbocycles. The highest BCUT2D eigenvalue weighted by Crippen LogP contribution is 2.25. The van der Waals surface area contributed by atoms with E-state index in [1.54, 1.807) is 18.5 Å². The monoisotopic (exact) mass is 282 g/mol. The summed E-state index contributed by atoms with van der Waals surface area (Å²) in [5.74, 6) is -0.245. The summed E-state index contributed by atoms with van der Waals surface area (Å²) < 4.78 is 40.2. The van der Waals surface area contributed by atoms with Crippen LogP contribution >= 0.6 is 0 Å². The number of aromatic nitrogens is 1. The lowest BCUT2D eigenvalue weighted by Crippen LogP contribution is -2.17. The van der Waals surface area contributed by atoms with Gasteiger partial charge in [-0.3, -0.25) is 4.98 Å². The van der Waals surface area contributed by atoms with E-state index in [0.29, 0.717) is 12.2 Å². The predicted molar refractivity (Wildman–Crippen MR) is 69.4 cm³/mol. The van der Waals surface area contributed by atoms with Gasteiger partial charge in [0.25, 0.3) is 0 Å². The summed E-state index contributed by atoms with van der Waals surface area (Å²) in [4.78, 5) is 4.05. The number of halogens is 3. The third-order valence-corrected chi connectivity index (χ3v) is 2.50. The van der Waals surface area contributed by atoms with Crippen LogP contribution in [0.2, 0.25) is 0 Å². The first-order valence-electron chi connectivity index (χ1n) is 5.92. The largest absolute Gasteiger partial charge is 0.573 e. The number of alkyl halides is 3. The van der Waals surface area contributed by atoms with E-state index in [1.807, 2.05) is 13.0 Å². The van der Waals surface area contributed by atoms with Gasteiger partial charge in [0.05, 0.1) is 0 Å². The quantitative estimate of drug-likeness (QED) is 0.923. The van der Waals surface area contributed by atoms with Crippen LogP contribution in [-0.4, -0.2) is 11.3 Å². The van der Waals surface area contributed by atoms with Gasteiger partial charge in [-0.25, -0.2) is 0 Å². The fourth-order valence-corrected chi connectivity index (χ4v) is 1.72. The van der Waals surface area contributed by atoms with Gasteiger partial charge in [-0.05, 0) is 30.2 Å². The SMILES string of the molecule is Cc1cncc(CNc2cccc(OC(F)(F)F)c2)c1. The molecule has 0 fully saturated rings. The van der Waals surface area contributed by atoms with Crippen molar-refractivity contribution in [2.24, 2.45) is 0 Å². The summed E-state index contributed by atoms with van der Waals surface area (Å²) in [5, 5.41) is 3.03. The summed E-state index contributed by atoms with van der Waals surface area (Å²) in [6, 6.07) is 7.68. The molecule has 1 N–H and O–H groups in total. The Balaban J connectivity index is 2.01. The van der Waals surface area contributed by atoms with E-state index in [-0.39, 0.29) is 5.75 Å². The van der Waals surface area contributed by atoms with Gasteiger partial charge in [0, 0.05) is 30.7 Å². The lowest BCUT2D eigenvalue weighted by Gasteiger charge is -2.11. The minimum absolute atomic E-state index is 0.245. The van der Waals surface area contributed by atoms with E-state index >= 15 is 0 Å². The van der Waals surface area contributed by atoms with Crippen molar-refractivity contribution in [1.29, 1.82) is 0 Å². The van der Waals surface area contributed by atoms with Crippen molar-refractivity contribution in [3.8, 4) is 5.75 Å². The highest BCUT2D eigenvalue weighted by Gasteiger charge is 2.31. The maximum atomic E-state index is 12.1. The van der Waals surface area contributed by atoms with Gasteiger partial charge in [-0.2, -0.15) is 0 Å². The fraction of sp³-hybridized carbons (Fsp3) is 0.214. The van der Waals surface area contributed by atoms with Gasteiger partial charge >= 0.3 is 6.36 Å². The van der Waals surface area contributed by atoms with E-state index in [9.17, 15) is 13.2 Å². The molecule has 0 saturated carbocycles. The zero-order valence-corrected chi connectivity index (χ0v) is 10.7. The molecular weight excluding hydrogens is 269 g/mol. The van der Waals surface area contributed by atoms with Crippen molar-refractivity contribution in [3.05, 3.63) is 53.9 Å². The second-order valence-corrected chi connectivity index (χ2v) is 4.30. The Bertz CT molecular complexity index is 585. The van der Waals surface area contributed by atoms with Gasteiger partial charge < -0.3 is 10.1 Å². The van der Waals surface area contributed by atoms with E-state index in [1.165, 1.54) is 18.2 Å². The molecule has 1 aromatic carbocycles. The van der Waals surface area contributed by atoms with Gasteiger partial charge in [-0.15, -0.1) is 13.2 Å². The Hall–Kier alpha value is -2.24. The predicted octanol–water partition coefficient (Wildman–Crippen LogP) is 3.90. The number of ether oxygens (including phenoxy) is 1. The normalized spacial score (nSPS) is 11.2. The second kappa shape index (κ2) is 5.81. The summed E-state index contributed by atoms with van der Waals surface area (Å²) >= 11 is 0. The van der Waals surface area contributed by atoms with Crippen molar-refractivity contribution < 1.29 is 17.9 Å². The number of rotatable bonds is 4. The molecule has 0 aliphatic heterocycles. The van der Waals surface area contributed by atoms with E-state index in [4.69, 9.17) is 0 Å². The zero-order valence-electron chi connectivity index (χ0n) is 10.7. The van der Waals surface area contributed by atoms with Crippen LogP contribution < -0.4 is 10.1 Å². The molecule has 6 heteroatoms. The third-order valence-electron chi connectivity index (χ3n) is 2.50. The Morgan fingerprint density at radius 2 is 2.00 bits per heavy atom.